The minimum Gasteiger partial charge on any atom is -0.379 e. The van der Waals surface area contributed by atoms with E-state index >= 15 is 0 Å². The van der Waals surface area contributed by atoms with Gasteiger partial charge in [0, 0.05) is 42.9 Å². The Labute approximate surface area is 220 Å². The number of urea groups is 1. The third-order valence-corrected chi connectivity index (χ3v) is 5.69. The summed E-state index contributed by atoms with van der Waals surface area (Å²) in [5.41, 5.74) is 5.45. The lowest BCUT2D eigenvalue weighted by Gasteiger charge is -2.26. The summed E-state index contributed by atoms with van der Waals surface area (Å²) in [6, 6.07) is 16.4. The highest BCUT2D eigenvalue weighted by Crippen LogP contribution is 2.20. The molecule has 38 heavy (non-hydrogen) atoms. The highest BCUT2D eigenvalue weighted by atomic mass is 16.5. The summed E-state index contributed by atoms with van der Waals surface area (Å²) in [6.07, 6.45) is 1.52. The Morgan fingerprint density at radius 2 is 1.68 bits per heavy atom. The minimum atomic E-state index is -0.832. The standard InChI is InChI=1S/C28H28N6O4/c1-2-13-29-28(36)32-27-30-24(18-25(31-27)26(35)33-37)23-11-9-21(10-12-23)4-3-20-5-7-22(8-6-20)19-34-14-16-38-17-15-34/h2,5-12,18,37H,1,13-17,19H2,(H,33,35)(H2,29,30,31,32,36). The van der Waals surface area contributed by atoms with Gasteiger partial charge in [0.2, 0.25) is 5.95 Å². The van der Waals surface area contributed by atoms with Gasteiger partial charge < -0.3 is 10.1 Å². The number of carbonyl (C=O) groups excluding carboxylic acids is 2. The first kappa shape index (κ1) is 26.5. The SMILES string of the molecule is C=CCNC(=O)Nc1nc(C(=O)NO)cc(-c2ccc(C#Cc3ccc(CN4CCOCC4)cc3)cc2)n1. The van der Waals surface area contributed by atoms with Crippen LogP contribution in [0.25, 0.3) is 11.3 Å². The number of hydroxylamine groups is 1. The van der Waals surface area contributed by atoms with E-state index in [-0.39, 0.29) is 18.2 Å². The van der Waals surface area contributed by atoms with Crippen molar-refractivity contribution < 1.29 is 19.5 Å². The fraction of sp³-hybridized carbons (Fsp3) is 0.214. The fourth-order valence-electron chi connectivity index (χ4n) is 3.71. The highest BCUT2D eigenvalue weighted by molar-refractivity contribution is 5.94. The molecule has 1 saturated heterocycles. The van der Waals surface area contributed by atoms with E-state index in [1.807, 2.05) is 24.3 Å². The van der Waals surface area contributed by atoms with Crippen molar-refractivity contribution in [1.29, 1.82) is 0 Å². The molecule has 1 fully saturated rings. The molecule has 3 aromatic rings. The van der Waals surface area contributed by atoms with Crippen LogP contribution in [0.2, 0.25) is 0 Å². The fourth-order valence-corrected chi connectivity index (χ4v) is 3.71. The molecule has 10 heteroatoms. The molecule has 0 spiro atoms. The van der Waals surface area contributed by atoms with Gasteiger partial charge in [0.25, 0.3) is 5.91 Å². The van der Waals surface area contributed by atoms with Crippen molar-refractivity contribution >= 4 is 17.9 Å². The van der Waals surface area contributed by atoms with E-state index in [1.165, 1.54) is 17.7 Å². The molecule has 0 aliphatic carbocycles. The maximum atomic E-state index is 12.0. The van der Waals surface area contributed by atoms with Crippen LogP contribution in [-0.4, -0.2) is 64.9 Å². The Bertz CT molecular complexity index is 1340. The van der Waals surface area contributed by atoms with E-state index in [0.717, 1.165) is 44.0 Å². The predicted molar refractivity (Wildman–Crippen MR) is 142 cm³/mol. The predicted octanol–water partition coefficient (Wildman–Crippen LogP) is 2.80. The quantitative estimate of drug-likeness (QED) is 0.166. The van der Waals surface area contributed by atoms with Crippen molar-refractivity contribution in [3.63, 3.8) is 0 Å². The first-order chi connectivity index (χ1) is 18.5. The number of nitrogens with one attached hydrogen (secondary N) is 3. The Kier molecular flexibility index (Phi) is 9.15. The van der Waals surface area contributed by atoms with Crippen molar-refractivity contribution in [3.8, 4) is 23.1 Å². The van der Waals surface area contributed by atoms with Gasteiger partial charge >= 0.3 is 6.03 Å². The molecule has 194 valence electrons. The molecule has 3 amide bonds. The third kappa shape index (κ3) is 7.47. The van der Waals surface area contributed by atoms with Crippen LogP contribution in [0.5, 0.6) is 0 Å². The average Bonchev–Trinajstić information content (AvgIpc) is 2.96. The Balaban J connectivity index is 1.46. The normalized spacial score (nSPS) is 13.1. The molecule has 0 bridgehead atoms. The third-order valence-electron chi connectivity index (χ3n) is 5.69. The van der Waals surface area contributed by atoms with E-state index in [0.29, 0.717) is 11.3 Å². The van der Waals surface area contributed by atoms with Crippen LogP contribution >= 0.6 is 0 Å². The Hall–Kier alpha value is -4.56. The zero-order valence-electron chi connectivity index (χ0n) is 20.7. The number of aromatic nitrogens is 2. The number of benzene rings is 2. The van der Waals surface area contributed by atoms with Crippen molar-refractivity contribution in [2.75, 3.05) is 38.2 Å². The van der Waals surface area contributed by atoms with Crippen molar-refractivity contribution in [3.05, 3.63) is 89.6 Å². The van der Waals surface area contributed by atoms with Gasteiger partial charge in [-0.2, -0.15) is 0 Å². The zero-order valence-corrected chi connectivity index (χ0v) is 20.7. The van der Waals surface area contributed by atoms with Gasteiger partial charge in [-0.05, 0) is 35.9 Å². The zero-order chi connectivity index (χ0) is 26.7. The van der Waals surface area contributed by atoms with Crippen molar-refractivity contribution in [2.45, 2.75) is 6.54 Å². The summed E-state index contributed by atoms with van der Waals surface area (Å²) in [4.78, 5) is 34.7. The van der Waals surface area contributed by atoms with Crippen molar-refractivity contribution in [1.82, 2.24) is 25.7 Å². The summed E-state index contributed by atoms with van der Waals surface area (Å²) < 4.78 is 5.40. The Morgan fingerprint density at radius 1 is 1.03 bits per heavy atom. The molecule has 0 saturated carbocycles. The molecule has 4 rings (SSSR count). The summed E-state index contributed by atoms with van der Waals surface area (Å²) in [5.74, 6) is 5.41. The van der Waals surface area contributed by atoms with Crippen LogP contribution in [0.1, 0.15) is 27.2 Å². The molecule has 2 aromatic carbocycles. The van der Waals surface area contributed by atoms with Gasteiger partial charge in [0.05, 0.1) is 18.9 Å². The topological polar surface area (TPSA) is 129 Å². The summed E-state index contributed by atoms with van der Waals surface area (Å²) >= 11 is 0. The van der Waals surface area contributed by atoms with Crippen LogP contribution in [0.3, 0.4) is 0 Å². The maximum Gasteiger partial charge on any atom is 0.321 e. The minimum absolute atomic E-state index is 0.0939. The first-order valence-electron chi connectivity index (χ1n) is 12.0. The number of hydrogen-bond acceptors (Lipinski definition) is 7. The average molecular weight is 513 g/mol. The molecular formula is C28H28N6O4. The maximum absolute atomic E-state index is 12.0. The molecule has 10 nitrogen and oxygen atoms in total. The first-order valence-corrected chi connectivity index (χ1v) is 12.0. The van der Waals surface area contributed by atoms with Crippen LogP contribution in [0.4, 0.5) is 10.7 Å². The molecule has 2 heterocycles. The number of hydrogen-bond donors (Lipinski definition) is 4. The van der Waals surface area contributed by atoms with Gasteiger partial charge in [-0.15, -0.1) is 6.58 Å². The second kappa shape index (κ2) is 13.1. The van der Waals surface area contributed by atoms with Gasteiger partial charge in [0.1, 0.15) is 5.69 Å². The lowest BCUT2D eigenvalue weighted by molar-refractivity contribution is 0.0342. The van der Waals surface area contributed by atoms with Gasteiger partial charge in [-0.3, -0.25) is 20.2 Å². The van der Waals surface area contributed by atoms with E-state index in [2.05, 4.69) is 56.1 Å². The second-order valence-electron chi connectivity index (χ2n) is 8.44. The summed E-state index contributed by atoms with van der Waals surface area (Å²) in [6.45, 7) is 8.15. The molecule has 1 aliphatic rings. The lowest BCUT2D eigenvalue weighted by Crippen LogP contribution is -2.35. The molecule has 0 radical (unpaired) electrons. The van der Waals surface area contributed by atoms with Gasteiger partial charge in [-0.1, -0.05) is 42.2 Å². The summed E-state index contributed by atoms with van der Waals surface area (Å²) in [7, 11) is 0. The van der Waals surface area contributed by atoms with Crippen molar-refractivity contribution in [2.24, 2.45) is 0 Å². The molecular weight excluding hydrogens is 484 g/mol. The van der Waals surface area contributed by atoms with E-state index in [4.69, 9.17) is 9.94 Å². The van der Waals surface area contributed by atoms with Crippen LogP contribution in [-0.2, 0) is 11.3 Å². The van der Waals surface area contributed by atoms with Gasteiger partial charge in [-0.25, -0.2) is 20.2 Å². The number of amides is 3. The van der Waals surface area contributed by atoms with E-state index in [9.17, 15) is 9.59 Å². The number of nitrogens with zero attached hydrogens (tertiary/aromatic N) is 3. The highest BCUT2D eigenvalue weighted by Gasteiger charge is 2.14. The molecule has 1 aliphatic heterocycles. The number of anilines is 1. The molecule has 0 atom stereocenters. The number of ether oxygens (including phenoxy) is 1. The number of rotatable bonds is 7. The van der Waals surface area contributed by atoms with Crippen LogP contribution < -0.4 is 16.1 Å². The van der Waals surface area contributed by atoms with E-state index in [1.54, 1.807) is 17.6 Å². The number of morpholine rings is 1. The summed E-state index contributed by atoms with van der Waals surface area (Å²) in [5, 5.41) is 14.0. The molecule has 0 unspecified atom stereocenters. The van der Waals surface area contributed by atoms with E-state index < -0.39 is 11.9 Å². The largest absolute Gasteiger partial charge is 0.379 e. The smallest absolute Gasteiger partial charge is 0.321 e. The van der Waals surface area contributed by atoms with Crippen LogP contribution in [0, 0.1) is 11.8 Å². The molecule has 4 N–H and O–H groups in total. The Morgan fingerprint density at radius 3 is 2.32 bits per heavy atom. The molecule has 1 aromatic heterocycles. The van der Waals surface area contributed by atoms with Gasteiger partial charge in [0.15, 0.2) is 0 Å². The monoisotopic (exact) mass is 512 g/mol. The lowest BCUT2D eigenvalue weighted by atomic mass is 10.1. The van der Waals surface area contributed by atoms with Crippen LogP contribution in [0.15, 0.2) is 67.3 Å². The second-order valence-corrected chi connectivity index (χ2v) is 8.44. The number of carbonyl (C=O) groups is 2.